The van der Waals surface area contributed by atoms with Crippen molar-refractivity contribution >= 4 is 11.9 Å². The zero-order chi connectivity index (χ0) is 11.4. The van der Waals surface area contributed by atoms with Crippen molar-refractivity contribution < 1.29 is 24.3 Å². The van der Waals surface area contributed by atoms with Crippen molar-refractivity contribution in [3.8, 4) is 0 Å². The van der Waals surface area contributed by atoms with Gasteiger partial charge in [0.15, 0.2) is 0 Å². The molecule has 0 rings (SSSR count). The van der Waals surface area contributed by atoms with Crippen LogP contribution in [-0.2, 0) is 9.59 Å². The predicted octanol–water partition coefficient (Wildman–Crippen LogP) is -1.08. The molecule has 0 bridgehead atoms. The van der Waals surface area contributed by atoms with E-state index in [2.05, 4.69) is 0 Å². The summed E-state index contributed by atoms with van der Waals surface area (Å²) in [6.07, 6.45) is -0.0423. The first-order valence-corrected chi connectivity index (χ1v) is 4.49. The number of hydrogen-bond donors (Lipinski definition) is 1. The molecule has 0 spiro atoms. The van der Waals surface area contributed by atoms with Gasteiger partial charge in [-0.25, -0.2) is 0 Å². The number of aliphatic carboxylic acids is 2. The first-order chi connectivity index (χ1) is 6.24. The SMILES string of the molecule is CC(C[N+](C)(C)CCC(=O)[O-])C(=O)O. The fraction of sp³-hybridized carbons (Fsp3) is 0.778. The largest absolute Gasteiger partial charge is 0.550 e. The quantitative estimate of drug-likeness (QED) is 0.557. The molecule has 0 aliphatic carbocycles. The lowest BCUT2D eigenvalue weighted by Crippen LogP contribution is -2.46. The summed E-state index contributed by atoms with van der Waals surface area (Å²) in [5.74, 6) is -2.42. The van der Waals surface area contributed by atoms with E-state index in [4.69, 9.17) is 5.11 Å². The van der Waals surface area contributed by atoms with Crippen LogP contribution in [0.5, 0.6) is 0 Å². The number of carboxylic acid groups (broad SMARTS) is 2. The van der Waals surface area contributed by atoms with E-state index >= 15 is 0 Å². The van der Waals surface area contributed by atoms with Crippen LogP contribution in [0.3, 0.4) is 0 Å². The van der Waals surface area contributed by atoms with Gasteiger partial charge in [-0.2, -0.15) is 0 Å². The molecule has 0 aromatic carbocycles. The number of quaternary nitrogens is 1. The Morgan fingerprint density at radius 3 is 2.29 bits per heavy atom. The number of carbonyl (C=O) groups excluding carboxylic acids is 1. The van der Waals surface area contributed by atoms with Gasteiger partial charge in [0.05, 0.1) is 27.2 Å². The number of carboxylic acids is 2. The average molecular weight is 203 g/mol. The van der Waals surface area contributed by atoms with Crippen molar-refractivity contribution in [2.45, 2.75) is 13.3 Å². The van der Waals surface area contributed by atoms with E-state index in [1.165, 1.54) is 0 Å². The summed E-state index contributed by atoms with van der Waals surface area (Å²) in [5, 5.41) is 18.9. The third-order valence-electron chi connectivity index (χ3n) is 2.11. The van der Waals surface area contributed by atoms with Gasteiger partial charge in [0.2, 0.25) is 0 Å². The van der Waals surface area contributed by atoms with Crippen LogP contribution >= 0.6 is 0 Å². The van der Waals surface area contributed by atoms with Crippen LogP contribution in [0.2, 0.25) is 0 Å². The fourth-order valence-corrected chi connectivity index (χ4v) is 1.30. The Morgan fingerprint density at radius 2 is 1.93 bits per heavy atom. The highest BCUT2D eigenvalue weighted by molar-refractivity contribution is 5.69. The van der Waals surface area contributed by atoms with Gasteiger partial charge in [-0.1, -0.05) is 0 Å². The molecular formula is C9H17NO4. The smallest absolute Gasteiger partial charge is 0.311 e. The average Bonchev–Trinajstić information content (AvgIpc) is 2.00. The van der Waals surface area contributed by atoms with Crippen LogP contribution in [-0.4, -0.2) is 48.7 Å². The number of carbonyl (C=O) groups is 2. The van der Waals surface area contributed by atoms with E-state index in [0.717, 1.165) is 0 Å². The molecule has 1 unspecified atom stereocenters. The second kappa shape index (κ2) is 4.95. The Hall–Kier alpha value is -1.10. The first-order valence-electron chi connectivity index (χ1n) is 4.49. The summed E-state index contributed by atoms with van der Waals surface area (Å²) < 4.78 is 0.376. The van der Waals surface area contributed by atoms with Crippen LogP contribution in [0.15, 0.2) is 0 Å². The lowest BCUT2D eigenvalue weighted by molar-refractivity contribution is -0.892. The van der Waals surface area contributed by atoms with Crippen molar-refractivity contribution in [1.29, 1.82) is 0 Å². The highest BCUT2D eigenvalue weighted by atomic mass is 16.4. The van der Waals surface area contributed by atoms with Gasteiger partial charge in [-0.3, -0.25) is 4.79 Å². The maximum absolute atomic E-state index is 10.6. The molecule has 0 saturated carbocycles. The number of nitrogens with zero attached hydrogens (tertiary/aromatic N) is 1. The van der Waals surface area contributed by atoms with Gasteiger partial charge in [0, 0.05) is 12.4 Å². The molecule has 0 amide bonds. The van der Waals surface area contributed by atoms with Crippen LogP contribution < -0.4 is 5.11 Å². The standard InChI is InChI=1S/C9H17NO4/c1-7(9(13)14)6-10(2,3)5-4-8(11)12/h7H,4-6H2,1-3H3,(H-,11,12,13,14). The molecule has 0 aliphatic rings. The Balaban J connectivity index is 4.06. The lowest BCUT2D eigenvalue weighted by Gasteiger charge is -2.31. The minimum absolute atomic E-state index is 0.0423. The Morgan fingerprint density at radius 1 is 1.43 bits per heavy atom. The van der Waals surface area contributed by atoms with Crippen LogP contribution in [0.1, 0.15) is 13.3 Å². The second-order valence-electron chi connectivity index (χ2n) is 4.20. The zero-order valence-electron chi connectivity index (χ0n) is 8.82. The molecular weight excluding hydrogens is 186 g/mol. The Labute approximate surface area is 83.5 Å². The summed E-state index contributed by atoms with van der Waals surface area (Å²) in [6.45, 7) is 2.42. The van der Waals surface area contributed by atoms with Crippen molar-refractivity contribution in [3.63, 3.8) is 0 Å². The molecule has 14 heavy (non-hydrogen) atoms. The molecule has 0 aromatic rings. The lowest BCUT2D eigenvalue weighted by atomic mass is 10.1. The highest BCUT2D eigenvalue weighted by Crippen LogP contribution is 2.06. The summed E-state index contributed by atoms with van der Waals surface area (Å²) in [7, 11) is 3.62. The Kier molecular flexibility index (Phi) is 4.56. The molecule has 82 valence electrons. The van der Waals surface area contributed by atoms with Gasteiger partial charge >= 0.3 is 5.97 Å². The monoisotopic (exact) mass is 203 g/mol. The maximum Gasteiger partial charge on any atom is 0.311 e. The molecule has 1 atom stereocenters. The van der Waals surface area contributed by atoms with E-state index in [-0.39, 0.29) is 6.42 Å². The third-order valence-corrected chi connectivity index (χ3v) is 2.11. The summed E-state index contributed by atoms with van der Waals surface area (Å²) in [4.78, 5) is 20.8. The Bertz CT molecular complexity index is 225. The molecule has 0 aliphatic heterocycles. The fourth-order valence-electron chi connectivity index (χ4n) is 1.30. The molecule has 5 nitrogen and oxygen atoms in total. The molecule has 0 fully saturated rings. The number of rotatable bonds is 6. The van der Waals surface area contributed by atoms with E-state index in [0.29, 0.717) is 17.6 Å². The van der Waals surface area contributed by atoms with E-state index in [1.54, 1.807) is 6.92 Å². The molecule has 1 N–H and O–H groups in total. The predicted molar refractivity (Wildman–Crippen MR) is 48.3 cm³/mol. The minimum Gasteiger partial charge on any atom is -0.550 e. The van der Waals surface area contributed by atoms with Crippen molar-refractivity contribution in [1.82, 2.24) is 0 Å². The van der Waals surface area contributed by atoms with E-state index in [9.17, 15) is 14.7 Å². The zero-order valence-corrected chi connectivity index (χ0v) is 8.82. The van der Waals surface area contributed by atoms with Crippen molar-refractivity contribution in [2.24, 2.45) is 5.92 Å². The number of hydrogen-bond acceptors (Lipinski definition) is 3. The molecule has 0 aromatic heterocycles. The molecule has 0 saturated heterocycles. The van der Waals surface area contributed by atoms with Crippen molar-refractivity contribution in [3.05, 3.63) is 0 Å². The summed E-state index contributed by atoms with van der Waals surface area (Å²) >= 11 is 0. The van der Waals surface area contributed by atoms with E-state index in [1.807, 2.05) is 14.1 Å². The van der Waals surface area contributed by atoms with Gasteiger partial charge in [0.25, 0.3) is 0 Å². The van der Waals surface area contributed by atoms with E-state index < -0.39 is 17.9 Å². The minimum atomic E-state index is -1.10. The third kappa shape index (κ3) is 5.53. The molecule has 5 heteroatoms. The highest BCUT2D eigenvalue weighted by Gasteiger charge is 2.23. The summed E-state index contributed by atoms with van der Waals surface area (Å²) in [5.41, 5.74) is 0. The molecule has 0 heterocycles. The van der Waals surface area contributed by atoms with Crippen LogP contribution in [0.25, 0.3) is 0 Å². The summed E-state index contributed by atoms with van der Waals surface area (Å²) in [6, 6.07) is 0. The first kappa shape index (κ1) is 12.9. The van der Waals surface area contributed by atoms with Gasteiger partial charge in [0.1, 0.15) is 5.92 Å². The van der Waals surface area contributed by atoms with Crippen LogP contribution in [0, 0.1) is 5.92 Å². The van der Waals surface area contributed by atoms with Crippen molar-refractivity contribution in [2.75, 3.05) is 27.2 Å². The molecule has 0 radical (unpaired) electrons. The van der Waals surface area contributed by atoms with Gasteiger partial charge in [-0.15, -0.1) is 0 Å². The normalized spacial score (nSPS) is 13.6. The van der Waals surface area contributed by atoms with Crippen LogP contribution in [0.4, 0.5) is 0 Å². The van der Waals surface area contributed by atoms with Gasteiger partial charge < -0.3 is 19.5 Å². The second-order valence-corrected chi connectivity index (χ2v) is 4.20. The topological polar surface area (TPSA) is 77.4 Å². The van der Waals surface area contributed by atoms with Gasteiger partial charge in [-0.05, 0) is 6.92 Å². The maximum atomic E-state index is 10.6.